The van der Waals surface area contributed by atoms with Gasteiger partial charge in [0.2, 0.25) is 0 Å². The molecule has 0 amide bonds. The molecule has 0 radical (unpaired) electrons. The van der Waals surface area contributed by atoms with Gasteiger partial charge in [0.1, 0.15) is 24.1 Å². The van der Waals surface area contributed by atoms with Crippen molar-refractivity contribution < 1.29 is 25.5 Å². The number of aliphatic hydroxyl groups is 5. The summed E-state index contributed by atoms with van der Waals surface area (Å²) in [5.41, 5.74) is 3.69. The summed E-state index contributed by atoms with van der Waals surface area (Å²) in [6.45, 7) is -0.645. The summed E-state index contributed by atoms with van der Waals surface area (Å²) in [6, 6.07) is 17.5. The Morgan fingerprint density at radius 2 is 1.50 bits per heavy atom. The largest absolute Gasteiger partial charge is 0.509 e. The number of nitrogens with zero attached hydrogens (tertiary/aromatic N) is 1. The second-order valence-electron chi connectivity index (χ2n) is 5.60. The van der Waals surface area contributed by atoms with Gasteiger partial charge in [-0.15, -0.1) is 0 Å². The standard InChI is InChI=1S/C19H22N2O5/c22-12-15(21-20-14-9-5-2-6-10-14)17(24)19(26)18(25)16(23)11-13-7-3-1-4-8-13/h1-11,17-20,22-26H,12H2/t17-,18-,19+/m1/s1. The third kappa shape index (κ3) is 5.40. The number of aliphatic hydroxyl groups excluding tert-OH is 5. The number of hydrazone groups is 1. The Hall–Kier alpha value is -2.71. The molecule has 26 heavy (non-hydrogen) atoms. The van der Waals surface area contributed by atoms with Crippen molar-refractivity contribution in [3.63, 3.8) is 0 Å². The molecule has 6 N–H and O–H groups in total. The first-order chi connectivity index (χ1) is 12.5. The van der Waals surface area contributed by atoms with Crippen LogP contribution in [0.3, 0.4) is 0 Å². The number of rotatable bonds is 8. The summed E-state index contributed by atoms with van der Waals surface area (Å²) in [5.74, 6) is -0.518. The normalized spacial score (nSPS) is 16.0. The Balaban J connectivity index is 2.07. The Morgan fingerprint density at radius 3 is 2.08 bits per heavy atom. The average molecular weight is 358 g/mol. The van der Waals surface area contributed by atoms with Gasteiger partial charge in [-0.1, -0.05) is 48.5 Å². The zero-order chi connectivity index (χ0) is 18.9. The van der Waals surface area contributed by atoms with Crippen LogP contribution in [0.25, 0.3) is 6.08 Å². The smallest absolute Gasteiger partial charge is 0.139 e. The van der Waals surface area contributed by atoms with Crippen LogP contribution in [0, 0.1) is 0 Å². The second kappa shape index (κ2) is 9.69. The zero-order valence-electron chi connectivity index (χ0n) is 14.0. The van der Waals surface area contributed by atoms with Crippen LogP contribution < -0.4 is 5.43 Å². The van der Waals surface area contributed by atoms with Gasteiger partial charge in [0.25, 0.3) is 0 Å². The third-order valence-corrected chi connectivity index (χ3v) is 3.67. The molecular formula is C19H22N2O5. The molecule has 0 bridgehead atoms. The first-order valence-electron chi connectivity index (χ1n) is 8.01. The van der Waals surface area contributed by atoms with Crippen LogP contribution in [-0.4, -0.2) is 56.2 Å². The molecule has 0 spiro atoms. The van der Waals surface area contributed by atoms with E-state index in [4.69, 9.17) is 0 Å². The van der Waals surface area contributed by atoms with E-state index in [1.807, 2.05) is 6.07 Å². The van der Waals surface area contributed by atoms with E-state index in [0.29, 0.717) is 11.3 Å². The van der Waals surface area contributed by atoms with Crippen molar-refractivity contribution in [2.24, 2.45) is 5.10 Å². The molecule has 0 aromatic heterocycles. The Bertz CT molecular complexity index is 734. The zero-order valence-corrected chi connectivity index (χ0v) is 14.0. The van der Waals surface area contributed by atoms with Gasteiger partial charge in [0.05, 0.1) is 18.0 Å². The second-order valence-corrected chi connectivity index (χ2v) is 5.60. The van der Waals surface area contributed by atoms with E-state index >= 15 is 0 Å². The van der Waals surface area contributed by atoms with Crippen LogP contribution in [0.15, 0.2) is 71.5 Å². The molecule has 2 aromatic rings. The van der Waals surface area contributed by atoms with Gasteiger partial charge in [-0.05, 0) is 23.8 Å². The van der Waals surface area contributed by atoms with Crippen molar-refractivity contribution >= 4 is 17.5 Å². The minimum Gasteiger partial charge on any atom is -0.509 e. The van der Waals surface area contributed by atoms with Gasteiger partial charge < -0.3 is 25.5 Å². The molecule has 0 saturated heterocycles. The van der Waals surface area contributed by atoms with E-state index in [2.05, 4.69) is 10.5 Å². The predicted molar refractivity (Wildman–Crippen MR) is 99.7 cm³/mol. The topological polar surface area (TPSA) is 126 Å². The highest BCUT2D eigenvalue weighted by Crippen LogP contribution is 2.14. The summed E-state index contributed by atoms with van der Waals surface area (Å²) in [5, 5.41) is 53.5. The average Bonchev–Trinajstić information content (AvgIpc) is 2.68. The molecule has 7 nitrogen and oxygen atoms in total. The number of nitrogens with one attached hydrogen (secondary N) is 1. The van der Waals surface area contributed by atoms with Crippen molar-refractivity contribution in [1.82, 2.24) is 0 Å². The fraction of sp³-hybridized carbons (Fsp3) is 0.211. The summed E-state index contributed by atoms with van der Waals surface area (Å²) < 4.78 is 0. The van der Waals surface area contributed by atoms with Crippen LogP contribution in [0.2, 0.25) is 0 Å². The van der Waals surface area contributed by atoms with Gasteiger partial charge in [-0.3, -0.25) is 5.43 Å². The van der Waals surface area contributed by atoms with Crippen LogP contribution in [0.5, 0.6) is 0 Å². The first-order valence-corrected chi connectivity index (χ1v) is 8.01. The minimum absolute atomic E-state index is 0.187. The fourth-order valence-corrected chi connectivity index (χ4v) is 2.19. The van der Waals surface area contributed by atoms with Crippen molar-refractivity contribution in [1.29, 1.82) is 0 Å². The Kier molecular flexibility index (Phi) is 7.31. The molecule has 0 aliphatic rings. The van der Waals surface area contributed by atoms with E-state index < -0.39 is 30.7 Å². The van der Waals surface area contributed by atoms with Gasteiger partial charge >= 0.3 is 0 Å². The number of hydrogen-bond donors (Lipinski definition) is 6. The van der Waals surface area contributed by atoms with Gasteiger partial charge in [-0.2, -0.15) is 5.10 Å². The molecule has 0 unspecified atom stereocenters. The number of benzene rings is 2. The molecular weight excluding hydrogens is 336 g/mol. The molecule has 3 atom stereocenters. The van der Waals surface area contributed by atoms with Crippen molar-refractivity contribution in [2.75, 3.05) is 12.0 Å². The van der Waals surface area contributed by atoms with Gasteiger partial charge in [0, 0.05) is 0 Å². The molecule has 2 rings (SSSR count). The molecule has 0 aliphatic carbocycles. The van der Waals surface area contributed by atoms with Gasteiger partial charge in [-0.25, -0.2) is 0 Å². The lowest BCUT2D eigenvalue weighted by atomic mass is 10.0. The molecule has 0 heterocycles. The molecule has 138 valence electrons. The SMILES string of the molecule is OCC(=NNc1ccccc1)[C@@H](O)[C@H](O)[C@H](O)C(O)=Cc1ccccc1. The maximum Gasteiger partial charge on any atom is 0.139 e. The third-order valence-electron chi connectivity index (χ3n) is 3.67. The molecule has 0 fully saturated rings. The van der Waals surface area contributed by atoms with E-state index in [-0.39, 0.29) is 5.71 Å². The molecule has 0 aliphatic heterocycles. The Labute approximate surface area is 151 Å². The first kappa shape index (κ1) is 19.6. The van der Waals surface area contributed by atoms with E-state index in [1.54, 1.807) is 54.6 Å². The van der Waals surface area contributed by atoms with E-state index in [0.717, 1.165) is 0 Å². The molecule has 2 aromatic carbocycles. The lowest BCUT2D eigenvalue weighted by Crippen LogP contribution is -2.44. The van der Waals surface area contributed by atoms with Crippen LogP contribution in [0.4, 0.5) is 5.69 Å². The van der Waals surface area contributed by atoms with Crippen LogP contribution in [0.1, 0.15) is 5.56 Å². The van der Waals surface area contributed by atoms with Gasteiger partial charge in [0.15, 0.2) is 0 Å². The van der Waals surface area contributed by atoms with Crippen LogP contribution in [-0.2, 0) is 0 Å². The maximum absolute atomic E-state index is 10.2. The maximum atomic E-state index is 10.2. The number of anilines is 1. The van der Waals surface area contributed by atoms with E-state index in [9.17, 15) is 25.5 Å². The summed E-state index contributed by atoms with van der Waals surface area (Å²) in [7, 11) is 0. The fourth-order valence-electron chi connectivity index (χ4n) is 2.19. The van der Waals surface area contributed by atoms with Crippen molar-refractivity contribution in [3.8, 4) is 0 Å². The predicted octanol–water partition coefficient (Wildman–Crippen LogP) is 1.13. The van der Waals surface area contributed by atoms with Crippen molar-refractivity contribution in [3.05, 3.63) is 72.0 Å². The minimum atomic E-state index is -1.78. The Morgan fingerprint density at radius 1 is 0.923 bits per heavy atom. The summed E-state index contributed by atoms with van der Waals surface area (Å²) >= 11 is 0. The van der Waals surface area contributed by atoms with E-state index in [1.165, 1.54) is 6.08 Å². The summed E-state index contributed by atoms with van der Waals surface area (Å²) in [6.07, 6.45) is -3.94. The highest BCUT2D eigenvalue weighted by atomic mass is 16.4. The highest BCUT2D eigenvalue weighted by molar-refractivity contribution is 5.90. The lowest BCUT2D eigenvalue weighted by molar-refractivity contribution is -0.0334. The monoisotopic (exact) mass is 358 g/mol. The quantitative estimate of drug-likeness (QED) is 0.239. The number of para-hydroxylation sites is 1. The number of hydrogen-bond acceptors (Lipinski definition) is 7. The summed E-state index contributed by atoms with van der Waals surface area (Å²) in [4.78, 5) is 0. The molecule has 7 heteroatoms. The molecule has 0 saturated carbocycles. The lowest BCUT2D eigenvalue weighted by Gasteiger charge is -2.23. The van der Waals surface area contributed by atoms with Crippen LogP contribution >= 0.6 is 0 Å². The highest BCUT2D eigenvalue weighted by Gasteiger charge is 2.31. The van der Waals surface area contributed by atoms with Crippen molar-refractivity contribution in [2.45, 2.75) is 18.3 Å².